The van der Waals surface area contributed by atoms with Crippen molar-refractivity contribution in [1.29, 1.82) is 0 Å². The summed E-state index contributed by atoms with van der Waals surface area (Å²) in [4.78, 5) is 56.3. The van der Waals surface area contributed by atoms with Crippen LogP contribution in [0.15, 0.2) is 57.1 Å². The Morgan fingerprint density at radius 1 is 1.10 bits per heavy atom. The number of rotatable bonds is 4. The summed E-state index contributed by atoms with van der Waals surface area (Å²) in [5.74, 6) is -2.05. The van der Waals surface area contributed by atoms with E-state index in [-0.39, 0.29) is 0 Å². The molecule has 4 aromatic rings. The molecule has 1 aliphatic rings. The lowest BCUT2D eigenvalue weighted by molar-refractivity contribution is -0.116. The highest BCUT2D eigenvalue weighted by molar-refractivity contribution is 7.14. The number of nitrogens with zero attached hydrogens (tertiary/aromatic N) is 2. The summed E-state index contributed by atoms with van der Waals surface area (Å²) in [6.07, 6.45) is 0. The zero-order valence-electron chi connectivity index (χ0n) is 15.2. The van der Waals surface area contributed by atoms with E-state index in [1.165, 1.54) is 11.3 Å². The van der Waals surface area contributed by atoms with E-state index in [0.29, 0.717) is 33.1 Å². The van der Waals surface area contributed by atoms with Gasteiger partial charge >= 0.3 is 5.76 Å². The van der Waals surface area contributed by atoms with Gasteiger partial charge in [-0.15, -0.1) is 11.3 Å². The fourth-order valence-corrected chi connectivity index (χ4v) is 4.00. The number of amides is 3. The van der Waals surface area contributed by atoms with E-state index >= 15 is 0 Å². The topological polar surface area (TPSA) is 125 Å². The lowest BCUT2D eigenvalue weighted by Crippen LogP contribution is -2.37. The zero-order valence-corrected chi connectivity index (χ0v) is 16.0. The molecule has 30 heavy (non-hydrogen) atoms. The fourth-order valence-electron chi connectivity index (χ4n) is 3.26. The Labute approximate surface area is 172 Å². The van der Waals surface area contributed by atoms with Crippen molar-refractivity contribution in [1.82, 2.24) is 14.9 Å². The first-order valence-electron chi connectivity index (χ1n) is 8.83. The van der Waals surface area contributed by atoms with Gasteiger partial charge in [-0.25, -0.2) is 9.78 Å². The molecule has 2 aromatic heterocycles. The molecule has 0 atom stereocenters. The van der Waals surface area contributed by atoms with Gasteiger partial charge in [0.25, 0.3) is 11.8 Å². The summed E-state index contributed by atoms with van der Waals surface area (Å²) < 4.78 is 4.97. The van der Waals surface area contributed by atoms with Crippen LogP contribution in [0, 0.1) is 0 Å². The Balaban J connectivity index is 1.30. The van der Waals surface area contributed by atoms with Gasteiger partial charge in [0.2, 0.25) is 5.91 Å². The average Bonchev–Trinajstić information content (AvgIpc) is 3.40. The molecule has 0 fully saturated rings. The van der Waals surface area contributed by atoms with Gasteiger partial charge in [0.15, 0.2) is 10.7 Å². The van der Waals surface area contributed by atoms with Crippen molar-refractivity contribution in [3.63, 3.8) is 0 Å². The van der Waals surface area contributed by atoms with Crippen LogP contribution in [0.1, 0.15) is 20.7 Å². The summed E-state index contributed by atoms with van der Waals surface area (Å²) in [6, 6.07) is 11.6. The summed E-state index contributed by atoms with van der Waals surface area (Å²) in [5.41, 5.74) is 2.89. The summed E-state index contributed by atoms with van der Waals surface area (Å²) >= 11 is 1.20. The van der Waals surface area contributed by atoms with Crippen molar-refractivity contribution >= 4 is 45.3 Å². The molecule has 148 valence electrons. The first kappa shape index (κ1) is 18.0. The molecule has 2 aromatic carbocycles. The van der Waals surface area contributed by atoms with Gasteiger partial charge < -0.3 is 9.73 Å². The molecular weight excluding hydrogens is 408 g/mol. The number of aromatic nitrogens is 2. The number of carbonyl (C=O) groups is 3. The molecule has 0 spiro atoms. The molecule has 9 nitrogen and oxygen atoms in total. The fraction of sp³-hybridized carbons (Fsp3) is 0.0500. The number of fused-ring (bicyclic) bond motifs is 2. The number of nitrogens with one attached hydrogen (secondary N) is 2. The van der Waals surface area contributed by atoms with Gasteiger partial charge in [-0.3, -0.25) is 24.3 Å². The molecule has 2 N–H and O–H groups in total. The Morgan fingerprint density at radius 3 is 2.57 bits per heavy atom. The largest absolute Gasteiger partial charge is 0.417 e. The Morgan fingerprint density at radius 2 is 1.83 bits per heavy atom. The lowest BCUT2D eigenvalue weighted by atomic mass is 10.1. The maximum absolute atomic E-state index is 12.4. The predicted molar refractivity (Wildman–Crippen MR) is 108 cm³/mol. The van der Waals surface area contributed by atoms with Crippen LogP contribution in [0.5, 0.6) is 0 Å². The van der Waals surface area contributed by atoms with Crippen molar-refractivity contribution in [2.75, 3.05) is 11.9 Å². The molecule has 0 bridgehead atoms. The van der Waals surface area contributed by atoms with Crippen LogP contribution in [0.4, 0.5) is 5.13 Å². The highest BCUT2D eigenvalue weighted by Crippen LogP contribution is 2.27. The SMILES string of the molecule is O=C(CN1C(=O)c2ccccc2C1=O)Nc1nc(-c2ccc3oc(=O)[nH]c3c2)cs1. The molecule has 10 heteroatoms. The first-order chi connectivity index (χ1) is 14.5. The molecule has 0 aliphatic carbocycles. The molecular formula is C20H12N4O5S. The Kier molecular flexibility index (Phi) is 4.07. The number of oxazole rings is 1. The minimum atomic E-state index is -0.540. The number of hydrogen-bond acceptors (Lipinski definition) is 7. The van der Waals surface area contributed by atoms with Gasteiger partial charge in [-0.05, 0) is 30.3 Å². The quantitative estimate of drug-likeness (QED) is 0.489. The van der Waals surface area contributed by atoms with Crippen LogP contribution in [-0.4, -0.2) is 39.1 Å². The van der Waals surface area contributed by atoms with Crippen molar-refractivity contribution in [3.8, 4) is 11.3 Å². The number of carbonyl (C=O) groups excluding carboxylic acids is 3. The third-order valence-corrected chi connectivity index (χ3v) is 5.40. The van der Waals surface area contributed by atoms with E-state index in [9.17, 15) is 19.2 Å². The highest BCUT2D eigenvalue weighted by Gasteiger charge is 2.36. The van der Waals surface area contributed by atoms with Crippen LogP contribution < -0.4 is 11.1 Å². The normalized spacial score (nSPS) is 13.1. The highest BCUT2D eigenvalue weighted by atomic mass is 32.1. The van der Waals surface area contributed by atoms with E-state index in [4.69, 9.17) is 4.42 Å². The number of thiazole rings is 1. The van der Waals surface area contributed by atoms with Crippen LogP contribution in [0.2, 0.25) is 0 Å². The number of H-pyrrole nitrogens is 1. The van der Waals surface area contributed by atoms with E-state index in [1.54, 1.807) is 47.8 Å². The van der Waals surface area contributed by atoms with Crippen LogP contribution in [0.25, 0.3) is 22.4 Å². The first-order valence-corrected chi connectivity index (χ1v) is 9.71. The van der Waals surface area contributed by atoms with Gasteiger partial charge in [-0.1, -0.05) is 12.1 Å². The van der Waals surface area contributed by atoms with Gasteiger partial charge in [0.1, 0.15) is 6.54 Å². The predicted octanol–water partition coefficient (Wildman–Crippen LogP) is 2.48. The second-order valence-electron chi connectivity index (χ2n) is 6.55. The molecule has 1 aliphatic heterocycles. The smallest absolute Gasteiger partial charge is 0.408 e. The van der Waals surface area contributed by atoms with Crippen molar-refractivity contribution in [2.45, 2.75) is 0 Å². The number of anilines is 1. The summed E-state index contributed by atoms with van der Waals surface area (Å²) in [7, 11) is 0. The van der Waals surface area contributed by atoms with E-state index in [0.717, 1.165) is 10.5 Å². The minimum Gasteiger partial charge on any atom is -0.408 e. The number of aromatic amines is 1. The van der Waals surface area contributed by atoms with E-state index < -0.39 is 30.0 Å². The standard InChI is InChI=1S/C20H12N4O5S/c25-16(8-24-17(26)11-3-1-2-4-12(11)18(24)27)23-19-21-14(9-30-19)10-5-6-15-13(7-10)22-20(28)29-15/h1-7,9H,8H2,(H,22,28)(H,21,23,25). The number of imide groups is 1. The van der Waals surface area contributed by atoms with Crippen LogP contribution in [-0.2, 0) is 4.79 Å². The molecule has 0 unspecified atom stereocenters. The zero-order chi connectivity index (χ0) is 20.8. The average molecular weight is 420 g/mol. The Hall–Kier alpha value is -4.05. The molecule has 3 amide bonds. The monoisotopic (exact) mass is 420 g/mol. The van der Waals surface area contributed by atoms with Gasteiger partial charge in [0, 0.05) is 10.9 Å². The summed E-state index contributed by atoms with van der Waals surface area (Å²) in [6.45, 7) is -0.399. The van der Waals surface area contributed by atoms with Crippen LogP contribution >= 0.6 is 11.3 Å². The van der Waals surface area contributed by atoms with Crippen molar-refractivity contribution < 1.29 is 18.8 Å². The molecule has 5 rings (SSSR count). The maximum atomic E-state index is 12.4. The van der Waals surface area contributed by atoms with Crippen molar-refractivity contribution in [2.24, 2.45) is 0 Å². The van der Waals surface area contributed by atoms with E-state index in [2.05, 4.69) is 15.3 Å². The van der Waals surface area contributed by atoms with Crippen molar-refractivity contribution in [3.05, 3.63) is 69.5 Å². The summed E-state index contributed by atoms with van der Waals surface area (Å²) in [5, 5.41) is 4.69. The van der Waals surface area contributed by atoms with Gasteiger partial charge in [0.05, 0.1) is 22.3 Å². The second-order valence-corrected chi connectivity index (χ2v) is 7.41. The minimum absolute atomic E-state index is 0.291. The van der Waals surface area contributed by atoms with Crippen LogP contribution in [0.3, 0.4) is 0 Å². The van der Waals surface area contributed by atoms with Gasteiger partial charge in [-0.2, -0.15) is 0 Å². The number of benzene rings is 2. The molecule has 0 radical (unpaired) electrons. The molecule has 0 saturated heterocycles. The molecule has 3 heterocycles. The third kappa shape index (κ3) is 2.99. The maximum Gasteiger partial charge on any atom is 0.417 e. The lowest BCUT2D eigenvalue weighted by Gasteiger charge is -2.12. The second kappa shape index (κ2) is 6.78. The molecule has 0 saturated carbocycles. The Bertz CT molecular complexity index is 1360. The third-order valence-electron chi connectivity index (χ3n) is 4.65. The van der Waals surface area contributed by atoms with E-state index in [1.807, 2.05) is 0 Å². The number of hydrogen-bond donors (Lipinski definition) is 2.